The highest BCUT2D eigenvalue weighted by atomic mass is 79.9. The van der Waals surface area contributed by atoms with Crippen LogP contribution in [0.5, 0.6) is 5.88 Å². The Morgan fingerprint density at radius 1 is 1.25 bits per heavy atom. The fourth-order valence-corrected chi connectivity index (χ4v) is 4.09. The summed E-state index contributed by atoms with van der Waals surface area (Å²) in [5, 5.41) is 11.4. The first-order valence-corrected chi connectivity index (χ1v) is 10.2. The van der Waals surface area contributed by atoms with Crippen molar-refractivity contribution in [2.75, 3.05) is 6.54 Å². The molecule has 5 nitrogen and oxygen atoms in total. The number of nitrogens with zero attached hydrogens (tertiary/aromatic N) is 2. The van der Waals surface area contributed by atoms with Crippen LogP contribution in [0.3, 0.4) is 0 Å². The molecule has 1 unspecified atom stereocenters. The number of pyridine rings is 1. The average Bonchev–Trinajstić information content (AvgIpc) is 3.07. The number of aliphatic imine (C=N–C) groups is 1. The maximum Gasteiger partial charge on any atom is 0.258 e. The number of benzene rings is 2. The highest BCUT2D eigenvalue weighted by Gasteiger charge is 2.19. The van der Waals surface area contributed by atoms with Gasteiger partial charge in [-0.2, -0.15) is 0 Å². The van der Waals surface area contributed by atoms with Gasteiger partial charge >= 0.3 is 0 Å². The molecule has 1 aromatic heterocycles. The summed E-state index contributed by atoms with van der Waals surface area (Å²) in [6.45, 7) is 4.41. The zero-order valence-electron chi connectivity index (χ0n) is 15.7. The molecule has 0 aliphatic carbocycles. The van der Waals surface area contributed by atoms with Crippen LogP contribution >= 0.6 is 15.9 Å². The Kier molecular flexibility index (Phi) is 5.33. The fourth-order valence-electron chi connectivity index (χ4n) is 3.73. The van der Waals surface area contributed by atoms with Crippen molar-refractivity contribution >= 4 is 38.6 Å². The summed E-state index contributed by atoms with van der Waals surface area (Å²) in [6.07, 6.45) is 4.14. The van der Waals surface area contributed by atoms with Crippen LogP contribution in [0, 0.1) is 0 Å². The minimum absolute atomic E-state index is 0.181. The second-order valence-electron chi connectivity index (χ2n) is 7.29. The molecule has 0 radical (unpaired) electrons. The van der Waals surface area contributed by atoms with Gasteiger partial charge in [0, 0.05) is 34.0 Å². The molecule has 1 aliphatic rings. The van der Waals surface area contributed by atoms with Crippen molar-refractivity contribution in [1.82, 2.24) is 9.88 Å². The number of aromatic nitrogens is 1. The monoisotopic (exact) mass is 439 g/mol. The van der Waals surface area contributed by atoms with Crippen molar-refractivity contribution < 1.29 is 5.11 Å². The number of aromatic amines is 1. The molecule has 28 heavy (non-hydrogen) atoms. The van der Waals surface area contributed by atoms with Gasteiger partial charge in [0.25, 0.3) is 5.56 Å². The van der Waals surface area contributed by atoms with Gasteiger partial charge in [-0.15, -0.1) is 0 Å². The number of nitrogens with one attached hydrogen (secondary N) is 1. The lowest BCUT2D eigenvalue weighted by molar-refractivity contribution is 0.260. The SMILES string of the molecule is CC1CCCN1Cc1ccc(N=Cc2c(O)[nH]c(=O)c3ccc(Br)cc23)cc1. The number of rotatable bonds is 4. The predicted octanol–water partition coefficient (Wildman–Crippen LogP) is 4.73. The molecule has 1 fully saturated rings. The van der Waals surface area contributed by atoms with Gasteiger partial charge in [0.15, 0.2) is 0 Å². The van der Waals surface area contributed by atoms with Gasteiger partial charge in [-0.1, -0.05) is 28.1 Å². The largest absolute Gasteiger partial charge is 0.494 e. The number of fused-ring (bicyclic) bond motifs is 1. The van der Waals surface area contributed by atoms with E-state index in [4.69, 9.17) is 0 Å². The van der Waals surface area contributed by atoms with Crippen molar-refractivity contribution in [2.24, 2.45) is 4.99 Å². The number of hydrogen-bond donors (Lipinski definition) is 2. The second-order valence-corrected chi connectivity index (χ2v) is 8.21. The van der Waals surface area contributed by atoms with E-state index in [1.807, 2.05) is 18.2 Å². The van der Waals surface area contributed by atoms with Crippen LogP contribution in [0.15, 0.2) is 56.7 Å². The Hall–Kier alpha value is -2.44. The van der Waals surface area contributed by atoms with Gasteiger partial charge in [0.1, 0.15) is 0 Å². The number of aromatic hydroxyl groups is 1. The van der Waals surface area contributed by atoms with Crippen molar-refractivity contribution in [2.45, 2.75) is 32.4 Å². The summed E-state index contributed by atoms with van der Waals surface area (Å²) in [5.41, 5.74) is 2.24. The maximum absolute atomic E-state index is 12.1. The lowest BCUT2D eigenvalue weighted by Crippen LogP contribution is -2.26. The van der Waals surface area contributed by atoms with E-state index in [1.165, 1.54) is 18.4 Å². The Morgan fingerprint density at radius 3 is 2.75 bits per heavy atom. The van der Waals surface area contributed by atoms with E-state index in [-0.39, 0.29) is 11.4 Å². The van der Waals surface area contributed by atoms with Gasteiger partial charge in [-0.25, -0.2) is 0 Å². The quantitative estimate of drug-likeness (QED) is 0.577. The Morgan fingerprint density at radius 2 is 2.04 bits per heavy atom. The van der Waals surface area contributed by atoms with Crippen LogP contribution in [0.4, 0.5) is 5.69 Å². The third kappa shape index (κ3) is 3.88. The minimum Gasteiger partial charge on any atom is -0.494 e. The molecule has 1 aliphatic heterocycles. The Bertz CT molecular complexity index is 1090. The van der Waals surface area contributed by atoms with Crippen molar-refractivity contribution in [1.29, 1.82) is 0 Å². The van der Waals surface area contributed by atoms with Crippen molar-refractivity contribution in [3.8, 4) is 5.88 Å². The molecule has 1 atom stereocenters. The third-order valence-electron chi connectivity index (χ3n) is 5.36. The van der Waals surface area contributed by atoms with Crippen LogP contribution < -0.4 is 5.56 Å². The summed E-state index contributed by atoms with van der Waals surface area (Å²) < 4.78 is 0.833. The van der Waals surface area contributed by atoms with E-state index in [1.54, 1.807) is 18.3 Å². The van der Waals surface area contributed by atoms with E-state index < -0.39 is 0 Å². The van der Waals surface area contributed by atoms with Crippen LogP contribution in [0.25, 0.3) is 10.8 Å². The van der Waals surface area contributed by atoms with Gasteiger partial charge in [-0.3, -0.25) is 19.7 Å². The molecule has 2 aromatic carbocycles. The molecule has 3 aromatic rings. The maximum atomic E-state index is 12.1. The fraction of sp³-hybridized carbons (Fsp3) is 0.273. The van der Waals surface area contributed by atoms with Crippen LogP contribution in [0.1, 0.15) is 30.9 Å². The second kappa shape index (κ2) is 7.89. The normalized spacial score (nSPS) is 17.7. The lowest BCUT2D eigenvalue weighted by atomic mass is 10.1. The predicted molar refractivity (Wildman–Crippen MR) is 117 cm³/mol. The first-order chi connectivity index (χ1) is 13.5. The average molecular weight is 440 g/mol. The number of likely N-dealkylation sites (tertiary alicyclic amines) is 1. The third-order valence-corrected chi connectivity index (χ3v) is 5.85. The van der Waals surface area contributed by atoms with Crippen LogP contribution in [-0.4, -0.2) is 33.8 Å². The topological polar surface area (TPSA) is 68.7 Å². The summed E-state index contributed by atoms with van der Waals surface area (Å²) in [6, 6.07) is 14.1. The van der Waals surface area contributed by atoms with Crippen molar-refractivity contribution in [3.05, 3.63) is 68.4 Å². The highest BCUT2D eigenvalue weighted by molar-refractivity contribution is 9.10. The standard InChI is InChI=1S/C22H22BrN3O2/c1-14-3-2-10-26(14)13-15-4-7-17(8-5-15)24-12-20-19-11-16(23)6-9-18(19)21(27)25-22(20)28/h4-9,11-12,14H,2-3,10,13H2,1H3,(H2,25,27,28). The summed E-state index contributed by atoms with van der Waals surface area (Å²) in [5.74, 6) is -0.181. The Balaban J connectivity index is 1.59. The molecule has 0 amide bonds. The summed E-state index contributed by atoms with van der Waals surface area (Å²) >= 11 is 3.42. The van der Waals surface area contributed by atoms with E-state index in [2.05, 4.69) is 49.9 Å². The molecular formula is C22H22BrN3O2. The van der Waals surface area contributed by atoms with E-state index in [0.29, 0.717) is 22.4 Å². The molecule has 0 bridgehead atoms. The first kappa shape index (κ1) is 18.9. The van der Waals surface area contributed by atoms with Crippen molar-refractivity contribution in [3.63, 3.8) is 0 Å². The van der Waals surface area contributed by atoms with Crippen LogP contribution in [-0.2, 0) is 6.54 Å². The molecule has 144 valence electrons. The zero-order chi connectivity index (χ0) is 19.7. The minimum atomic E-state index is -0.322. The molecule has 1 saturated heterocycles. The molecule has 2 N–H and O–H groups in total. The van der Waals surface area contributed by atoms with Gasteiger partial charge < -0.3 is 5.11 Å². The summed E-state index contributed by atoms with van der Waals surface area (Å²) in [7, 11) is 0. The molecule has 6 heteroatoms. The number of hydrogen-bond acceptors (Lipinski definition) is 4. The Labute approximate surface area is 171 Å². The number of H-pyrrole nitrogens is 1. The van der Waals surface area contributed by atoms with E-state index in [9.17, 15) is 9.90 Å². The van der Waals surface area contributed by atoms with Crippen LogP contribution in [0.2, 0.25) is 0 Å². The number of halogens is 1. The molecule has 2 heterocycles. The summed E-state index contributed by atoms with van der Waals surface area (Å²) in [4.78, 5) is 21.5. The molecule has 0 saturated carbocycles. The zero-order valence-corrected chi connectivity index (χ0v) is 17.2. The lowest BCUT2D eigenvalue weighted by Gasteiger charge is -2.20. The van der Waals surface area contributed by atoms with E-state index in [0.717, 1.165) is 23.2 Å². The van der Waals surface area contributed by atoms with Gasteiger partial charge in [-0.05, 0) is 62.2 Å². The van der Waals surface area contributed by atoms with E-state index >= 15 is 0 Å². The molecule has 4 rings (SSSR count). The highest BCUT2D eigenvalue weighted by Crippen LogP contribution is 2.25. The first-order valence-electron chi connectivity index (χ1n) is 9.43. The van der Waals surface area contributed by atoms with Gasteiger partial charge in [0.2, 0.25) is 5.88 Å². The molecule has 0 spiro atoms. The smallest absolute Gasteiger partial charge is 0.258 e. The molecular weight excluding hydrogens is 418 g/mol. The van der Waals surface area contributed by atoms with Gasteiger partial charge in [0.05, 0.1) is 11.3 Å².